The Labute approximate surface area is 115 Å². The fourth-order valence-electron chi connectivity index (χ4n) is 3.06. The fraction of sp³-hybridized carbons (Fsp3) is 0.412. The van der Waals surface area contributed by atoms with Crippen LogP contribution in [-0.2, 0) is 0 Å². The van der Waals surface area contributed by atoms with Crippen molar-refractivity contribution in [2.45, 2.75) is 33.1 Å². The summed E-state index contributed by atoms with van der Waals surface area (Å²) in [5.74, 6) is 0. The largest absolute Gasteiger partial charge is 0.371 e. The van der Waals surface area contributed by atoms with E-state index in [1.807, 2.05) is 0 Å². The molecule has 1 aromatic heterocycles. The normalized spacial score (nSPS) is 15.8. The van der Waals surface area contributed by atoms with Crippen LogP contribution in [0.15, 0.2) is 36.4 Å². The summed E-state index contributed by atoms with van der Waals surface area (Å²) in [4.78, 5) is 2.52. The number of piperidine rings is 1. The molecule has 1 fully saturated rings. The van der Waals surface area contributed by atoms with Crippen LogP contribution in [0.1, 0.15) is 30.7 Å². The zero-order valence-corrected chi connectivity index (χ0v) is 11.9. The Balaban J connectivity index is 1.95. The van der Waals surface area contributed by atoms with Gasteiger partial charge >= 0.3 is 0 Å². The van der Waals surface area contributed by atoms with Crippen molar-refractivity contribution in [1.82, 2.24) is 4.57 Å². The third-order valence-electron chi connectivity index (χ3n) is 4.08. The van der Waals surface area contributed by atoms with Gasteiger partial charge in [-0.05, 0) is 63.4 Å². The van der Waals surface area contributed by atoms with Gasteiger partial charge in [-0.2, -0.15) is 0 Å². The van der Waals surface area contributed by atoms with Gasteiger partial charge in [-0.25, -0.2) is 0 Å². The van der Waals surface area contributed by atoms with Crippen LogP contribution in [0.4, 0.5) is 5.69 Å². The highest BCUT2D eigenvalue weighted by Gasteiger charge is 2.12. The molecule has 0 N–H and O–H groups in total. The standard InChI is InChI=1S/C17H22N2/c1-14-9-10-15(2)19(14)17-8-6-7-16(13-17)18-11-4-3-5-12-18/h6-10,13H,3-5,11-12H2,1-2H3. The second-order valence-electron chi connectivity index (χ2n) is 5.52. The van der Waals surface area contributed by atoms with Gasteiger partial charge in [0.1, 0.15) is 0 Å². The number of hydrogen-bond acceptors (Lipinski definition) is 1. The summed E-state index contributed by atoms with van der Waals surface area (Å²) in [6.07, 6.45) is 4.03. The molecule has 0 bridgehead atoms. The Morgan fingerprint density at radius 1 is 0.789 bits per heavy atom. The number of nitrogens with zero attached hydrogens (tertiary/aromatic N) is 2. The molecule has 0 radical (unpaired) electrons. The quantitative estimate of drug-likeness (QED) is 0.784. The minimum atomic E-state index is 1.20. The summed E-state index contributed by atoms with van der Waals surface area (Å²) in [7, 11) is 0. The highest BCUT2D eigenvalue weighted by molar-refractivity contribution is 5.54. The van der Waals surface area contributed by atoms with Gasteiger partial charge in [0, 0.05) is 35.9 Å². The van der Waals surface area contributed by atoms with Crippen LogP contribution in [0.25, 0.3) is 5.69 Å². The van der Waals surface area contributed by atoms with Crippen LogP contribution in [0.5, 0.6) is 0 Å². The van der Waals surface area contributed by atoms with Crippen LogP contribution in [0, 0.1) is 13.8 Å². The van der Waals surface area contributed by atoms with Gasteiger partial charge in [0.05, 0.1) is 0 Å². The van der Waals surface area contributed by atoms with Gasteiger partial charge in [-0.3, -0.25) is 0 Å². The lowest BCUT2D eigenvalue weighted by atomic mass is 10.1. The maximum Gasteiger partial charge on any atom is 0.0475 e. The van der Waals surface area contributed by atoms with Gasteiger partial charge in [0.2, 0.25) is 0 Å². The first-order valence-electron chi connectivity index (χ1n) is 7.26. The van der Waals surface area contributed by atoms with E-state index in [2.05, 4.69) is 59.7 Å². The summed E-state index contributed by atoms with van der Waals surface area (Å²) in [6.45, 7) is 6.74. The molecule has 0 aliphatic carbocycles. The van der Waals surface area contributed by atoms with E-state index in [-0.39, 0.29) is 0 Å². The molecule has 1 aliphatic rings. The van der Waals surface area contributed by atoms with Crippen molar-refractivity contribution in [2.75, 3.05) is 18.0 Å². The van der Waals surface area contributed by atoms with Gasteiger partial charge in [0.25, 0.3) is 0 Å². The highest BCUT2D eigenvalue weighted by atomic mass is 15.1. The molecule has 19 heavy (non-hydrogen) atoms. The molecule has 2 heterocycles. The van der Waals surface area contributed by atoms with Gasteiger partial charge < -0.3 is 9.47 Å². The van der Waals surface area contributed by atoms with Crippen molar-refractivity contribution >= 4 is 5.69 Å². The van der Waals surface area contributed by atoms with Crippen molar-refractivity contribution in [2.24, 2.45) is 0 Å². The molecule has 0 saturated carbocycles. The monoisotopic (exact) mass is 254 g/mol. The molecule has 0 atom stereocenters. The lowest BCUT2D eigenvalue weighted by molar-refractivity contribution is 0.578. The average molecular weight is 254 g/mol. The molecule has 100 valence electrons. The molecular formula is C17H22N2. The van der Waals surface area contributed by atoms with Crippen molar-refractivity contribution in [3.63, 3.8) is 0 Å². The number of aromatic nitrogens is 1. The van der Waals surface area contributed by atoms with E-state index in [4.69, 9.17) is 0 Å². The molecule has 0 unspecified atom stereocenters. The molecule has 0 amide bonds. The second-order valence-corrected chi connectivity index (χ2v) is 5.52. The summed E-state index contributed by atoms with van der Waals surface area (Å²) in [5, 5.41) is 0. The van der Waals surface area contributed by atoms with E-state index >= 15 is 0 Å². The molecule has 2 nitrogen and oxygen atoms in total. The molecule has 0 spiro atoms. The predicted octanol–water partition coefficient (Wildman–Crippen LogP) is 4.08. The zero-order valence-electron chi connectivity index (χ0n) is 11.9. The molecule has 1 saturated heterocycles. The zero-order chi connectivity index (χ0) is 13.2. The molecule has 1 aromatic carbocycles. The Morgan fingerprint density at radius 3 is 2.11 bits per heavy atom. The van der Waals surface area contributed by atoms with E-state index in [0.29, 0.717) is 0 Å². The molecule has 1 aliphatic heterocycles. The van der Waals surface area contributed by atoms with Crippen LogP contribution in [0.2, 0.25) is 0 Å². The minimum Gasteiger partial charge on any atom is -0.371 e. The number of hydrogen-bond donors (Lipinski definition) is 0. The maximum absolute atomic E-state index is 2.52. The first-order valence-corrected chi connectivity index (χ1v) is 7.26. The number of aryl methyl sites for hydroxylation is 2. The lowest BCUT2D eigenvalue weighted by Crippen LogP contribution is -2.29. The van der Waals surface area contributed by atoms with E-state index in [0.717, 1.165) is 0 Å². The minimum absolute atomic E-state index is 1.20. The van der Waals surface area contributed by atoms with Gasteiger partial charge in [-0.1, -0.05) is 6.07 Å². The van der Waals surface area contributed by atoms with E-state index in [1.54, 1.807) is 0 Å². The first kappa shape index (κ1) is 12.3. The van der Waals surface area contributed by atoms with Crippen molar-refractivity contribution < 1.29 is 0 Å². The molecular weight excluding hydrogens is 232 g/mol. The van der Waals surface area contributed by atoms with Crippen LogP contribution in [-0.4, -0.2) is 17.7 Å². The third-order valence-corrected chi connectivity index (χ3v) is 4.08. The summed E-state index contributed by atoms with van der Waals surface area (Å²) in [5.41, 5.74) is 5.24. The van der Waals surface area contributed by atoms with Crippen molar-refractivity contribution in [1.29, 1.82) is 0 Å². The number of rotatable bonds is 2. The van der Waals surface area contributed by atoms with Crippen LogP contribution >= 0.6 is 0 Å². The van der Waals surface area contributed by atoms with Crippen LogP contribution in [0.3, 0.4) is 0 Å². The Morgan fingerprint density at radius 2 is 1.42 bits per heavy atom. The van der Waals surface area contributed by atoms with E-state index in [1.165, 1.54) is 55.1 Å². The molecule has 2 heteroatoms. The van der Waals surface area contributed by atoms with Gasteiger partial charge in [0.15, 0.2) is 0 Å². The van der Waals surface area contributed by atoms with Crippen molar-refractivity contribution in [3.8, 4) is 5.69 Å². The predicted molar refractivity (Wildman–Crippen MR) is 81.3 cm³/mol. The van der Waals surface area contributed by atoms with E-state index in [9.17, 15) is 0 Å². The highest BCUT2D eigenvalue weighted by Crippen LogP contribution is 2.24. The first-order chi connectivity index (χ1) is 9.25. The Kier molecular flexibility index (Phi) is 3.33. The fourth-order valence-corrected chi connectivity index (χ4v) is 3.06. The summed E-state index contributed by atoms with van der Waals surface area (Å²) in [6, 6.07) is 13.3. The van der Waals surface area contributed by atoms with Crippen LogP contribution < -0.4 is 4.90 Å². The number of anilines is 1. The SMILES string of the molecule is Cc1ccc(C)n1-c1cccc(N2CCCCC2)c1. The molecule has 2 aromatic rings. The Hall–Kier alpha value is -1.70. The van der Waals surface area contributed by atoms with Gasteiger partial charge in [-0.15, -0.1) is 0 Å². The number of benzene rings is 1. The topological polar surface area (TPSA) is 8.17 Å². The average Bonchev–Trinajstić information content (AvgIpc) is 2.79. The summed E-state index contributed by atoms with van der Waals surface area (Å²) >= 11 is 0. The summed E-state index contributed by atoms with van der Waals surface area (Å²) < 4.78 is 2.33. The second kappa shape index (κ2) is 5.12. The molecule has 3 rings (SSSR count). The maximum atomic E-state index is 2.52. The smallest absolute Gasteiger partial charge is 0.0475 e. The third kappa shape index (κ3) is 2.40. The van der Waals surface area contributed by atoms with Crippen molar-refractivity contribution in [3.05, 3.63) is 47.8 Å². The van der Waals surface area contributed by atoms with E-state index < -0.39 is 0 Å². The Bertz CT molecular complexity index is 543. The lowest BCUT2D eigenvalue weighted by Gasteiger charge is -2.29.